The number of piperidine rings is 1. The Morgan fingerprint density at radius 3 is 2.89 bits per heavy atom. The lowest BCUT2D eigenvalue weighted by atomic mass is 10.0. The van der Waals surface area contributed by atoms with Crippen LogP contribution in [0.15, 0.2) is 12.1 Å². The monoisotopic (exact) mass is 281 g/mol. The molecule has 1 saturated heterocycles. The largest absolute Gasteiger partial charge is 0.337 e. The number of amides is 1. The van der Waals surface area contributed by atoms with Gasteiger partial charge in [-0.05, 0) is 45.5 Å². The summed E-state index contributed by atoms with van der Waals surface area (Å²) in [5.41, 5.74) is 1.39. The number of likely N-dealkylation sites (tertiary alicyclic amines) is 1. The molecule has 1 amide bonds. The Bertz CT molecular complexity index is 458. The molecule has 0 spiro atoms. The average Bonchev–Trinajstić information content (AvgIpc) is 2.36. The first kappa shape index (κ1) is 14.3. The standard InChI is InChI=1S/C14H20ClN3O/c1-10-7-11(8-13(15)16-10)14(19)18(3)12-5-4-6-17(2)9-12/h7-8,12H,4-6,9H2,1-3H3. The molecule has 1 fully saturated rings. The summed E-state index contributed by atoms with van der Waals surface area (Å²) in [6.07, 6.45) is 2.19. The molecule has 5 heteroatoms. The number of pyridine rings is 1. The third kappa shape index (κ3) is 3.45. The number of carbonyl (C=O) groups is 1. The van der Waals surface area contributed by atoms with Crippen molar-refractivity contribution in [2.45, 2.75) is 25.8 Å². The van der Waals surface area contributed by atoms with Crippen molar-refractivity contribution < 1.29 is 4.79 Å². The second-order valence-electron chi connectivity index (χ2n) is 5.29. The molecule has 2 rings (SSSR count). The Labute approximate surface area is 119 Å². The summed E-state index contributed by atoms with van der Waals surface area (Å²) in [5, 5.41) is 0.373. The zero-order valence-electron chi connectivity index (χ0n) is 11.7. The molecule has 0 N–H and O–H groups in total. The quantitative estimate of drug-likeness (QED) is 0.780. The van der Waals surface area contributed by atoms with Crippen LogP contribution in [0.3, 0.4) is 0 Å². The van der Waals surface area contributed by atoms with Crippen molar-refractivity contribution in [3.05, 3.63) is 28.5 Å². The van der Waals surface area contributed by atoms with E-state index in [2.05, 4.69) is 16.9 Å². The van der Waals surface area contributed by atoms with Gasteiger partial charge < -0.3 is 9.80 Å². The number of hydrogen-bond donors (Lipinski definition) is 0. The summed E-state index contributed by atoms with van der Waals surface area (Å²) < 4.78 is 0. The van der Waals surface area contributed by atoms with E-state index in [0.717, 1.165) is 31.6 Å². The molecular weight excluding hydrogens is 262 g/mol. The van der Waals surface area contributed by atoms with Gasteiger partial charge in [-0.25, -0.2) is 4.98 Å². The molecule has 4 nitrogen and oxygen atoms in total. The number of carbonyl (C=O) groups excluding carboxylic acids is 1. The Morgan fingerprint density at radius 1 is 1.53 bits per heavy atom. The van der Waals surface area contributed by atoms with Crippen molar-refractivity contribution in [3.8, 4) is 0 Å². The summed E-state index contributed by atoms with van der Waals surface area (Å²) in [6.45, 7) is 3.88. The zero-order valence-corrected chi connectivity index (χ0v) is 12.4. The maximum Gasteiger partial charge on any atom is 0.254 e. The van der Waals surface area contributed by atoms with Crippen LogP contribution in [-0.2, 0) is 0 Å². The molecule has 1 aliphatic rings. The van der Waals surface area contributed by atoms with Gasteiger partial charge in [-0.15, -0.1) is 0 Å². The smallest absolute Gasteiger partial charge is 0.254 e. The molecule has 1 atom stereocenters. The molecule has 0 aromatic carbocycles. The molecule has 1 unspecified atom stereocenters. The molecule has 0 saturated carbocycles. The van der Waals surface area contributed by atoms with Crippen molar-refractivity contribution in [2.24, 2.45) is 0 Å². The van der Waals surface area contributed by atoms with E-state index in [1.54, 1.807) is 12.1 Å². The highest BCUT2D eigenvalue weighted by molar-refractivity contribution is 6.29. The topological polar surface area (TPSA) is 36.4 Å². The zero-order chi connectivity index (χ0) is 14.0. The van der Waals surface area contributed by atoms with E-state index in [1.165, 1.54) is 0 Å². The Hall–Kier alpha value is -1.13. The number of halogens is 1. The van der Waals surface area contributed by atoms with Crippen LogP contribution in [0.4, 0.5) is 0 Å². The van der Waals surface area contributed by atoms with E-state index in [9.17, 15) is 4.79 Å². The maximum atomic E-state index is 12.5. The van der Waals surface area contributed by atoms with Crippen LogP contribution in [0.1, 0.15) is 28.9 Å². The van der Waals surface area contributed by atoms with E-state index < -0.39 is 0 Å². The Balaban J connectivity index is 2.13. The van der Waals surface area contributed by atoms with Gasteiger partial charge in [-0.2, -0.15) is 0 Å². The minimum Gasteiger partial charge on any atom is -0.337 e. The fraction of sp³-hybridized carbons (Fsp3) is 0.571. The molecule has 1 aromatic heterocycles. The van der Waals surface area contributed by atoms with Crippen molar-refractivity contribution in [2.75, 3.05) is 27.2 Å². The molecule has 0 aliphatic carbocycles. The lowest BCUT2D eigenvalue weighted by molar-refractivity contribution is 0.0644. The number of likely N-dealkylation sites (N-methyl/N-ethyl adjacent to an activating group) is 2. The van der Waals surface area contributed by atoms with Gasteiger partial charge in [-0.3, -0.25) is 4.79 Å². The molecule has 2 heterocycles. The van der Waals surface area contributed by atoms with E-state index in [0.29, 0.717) is 10.7 Å². The Kier molecular flexibility index (Phi) is 4.42. The predicted molar refractivity (Wildman–Crippen MR) is 76.6 cm³/mol. The van der Waals surface area contributed by atoms with E-state index in [1.807, 2.05) is 18.9 Å². The number of rotatable bonds is 2. The average molecular weight is 282 g/mol. The van der Waals surface area contributed by atoms with Gasteiger partial charge in [0.25, 0.3) is 5.91 Å². The molecule has 104 valence electrons. The van der Waals surface area contributed by atoms with Gasteiger partial charge >= 0.3 is 0 Å². The maximum absolute atomic E-state index is 12.5. The van der Waals surface area contributed by atoms with Gasteiger partial charge in [0, 0.05) is 30.9 Å². The first-order valence-electron chi connectivity index (χ1n) is 6.57. The first-order chi connectivity index (χ1) is 8.97. The van der Waals surface area contributed by atoms with E-state index >= 15 is 0 Å². The summed E-state index contributed by atoms with van der Waals surface area (Å²) in [5.74, 6) is 0.0210. The van der Waals surface area contributed by atoms with Crippen LogP contribution in [0.2, 0.25) is 5.15 Å². The molecule has 1 aromatic rings. The third-order valence-electron chi connectivity index (χ3n) is 3.64. The lowest BCUT2D eigenvalue weighted by Crippen LogP contribution is -2.47. The lowest BCUT2D eigenvalue weighted by Gasteiger charge is -2.35. The number of nitrogens with zero attached hydrogens (tertiary/aromatic N) is 3. The summed E-state index contributed by atoms with van der Waals surface area (Å²) in [6, 6.07) is 3.70. The fourth-order valence-corrected chi connectivity index (χ4v) is 2.83. The normalized spacial score (nSPS) is 20.3. The molecule has 1 aliphatic heterocycles. The second-order valence-corrected chi connectivity index (χ2v) is 5.68. The molecule has 0 bridgehead atoms. The van der Waals surface area contributed by atoms with Gasteiger partial charge in [0.05, 0.1) is 0 Å². The van der Waals surface area contributed by atoms with E-state index in [-0.39, 0.29) is 11.9 Å². The fourth-order valence-electron chi connectivity index (χ4n) is 2.58. The highest BCUT2D eigenvalue weighted by Crippen LogP contribution is 2.18. The van der Waals surface area contributed by atoms with Crippen molar-refractivity contribution in [3.63, 3.8) is 0 Å². The molecule has 0 radical (unpaired) electrons. The highest BCUT2D eigenvalue weighted by atomic mass is 35.5. The van der Waals surface area contributed by atoms with Crippen LogP contribution in [0.5, 0.6) is 0 Å². The van der Waals surface area contributed by atoms with Crippen molar-refractivity contribution in [1.29, 1.82) is 0 Å². The number of aryl methyl sites for hydroxylation is 1. The number of aromatic nitrogens is 1. The third-order valence-corrected chi connectivity index (χ3v) is 3.83. The summed E-state index contributed by atoms with van der Waals surface area (Å²) in [4.78, 5) is 20.7. The molecule has 19 heavy (non-hydrogen) atoms. The van der Waals surface area contributed by atoms with Gasteiger partial charge in [0.1, 0.15) is 5.15 Å². The van der Waals surface area contributed by atoms with Crippen LogP contribution < -0.4 is 0 Å². The minimum absolute atomic E-state index is 0.0210. The first-order valence-corrected chi connectivity index (χ1v) is 6.95. The van der Waals surface area contributed by atoms with Crippen LogP contribution in [0, 0.1) is 6.92 Å². The summed E-state index contributed by atoms with van der Waals surface area (Å²) in [7, 11) is 3.97. The van der Waals surface area contributed by atoms with Crippen molar-refractivity contribution in [1.82, 2.24) is 14.8 Å². The minimum atomic E-state index is 0.0210. The Morgan fingerprint density at radius 2 is 2.26 bits per heavy atom. The second kappa shape index (κ2) is 5.88. The van der Waals surface area contributed by atoms with Crippen molar-refractivity contribution >= 4 is 17.5 Å². The predicted octanol–water partition coefficient (Wildman–Crippen LogP) is 2.21. The van der Waals surface area contributed by atoms with Crippen LogP contribution >= 0.6 is 11.6 Å². The number of hydrogen-bond acceptors (Lipinski definition) is 3. The van der Waals surface area contributed by atoms with Gasteiger partial charge in [0.2, 0.25) is 0 Å². The van der Waals surface area contributed by atoms with E-state index in [4.69, 9.17) is 11.6 Å². The summed E-state index contributed by atoms with van der Waals surface area (Å²) >= 11 is 5.92. The highest BCUT2D eigenvalue weighted by Gasteiger charge is 2.25. The van der Waals surface area contributed by atoms with Gasteiger partial charge in [-0.1, -0.05) is 11.6 Å². The van der Waals surface area contributed by atoms with Crippen LogP contribution in [0.25, 0.3) is 0 Å². The molecular formula is C14H20ClN3O. The SMILES string of the molecule is Cc1cc(C(=O)N(C)C2CCCN(C)C2)cc(Cl)n1. The van der Waals surface area contributed by atoms with Gasteiger partial charge in [0.15, 0.2) is 0 Å². The van der Waals surface area contributed by atoms with Crippen LogP contribution in [-0.4, -0.2) is 53.9 Å².